The molecule has 7 nitrogen and oxygen atoms in total. The maximum absolute atomic E-state index is 12.1. The Morgan fingerprint density at radius 3 is 2.46 bits per heavy atom. The first kappa shape index (κ1) is 25.1. The summed E-state index contributed by atoms with van der Waals surface area (Å²) in [5.41, 5.74) is 0.651. The average molecular weight is 568 g/mol. The van der Waals surface area contributed by atoms with Crippen molar-refractivity contribution in [3.63, 3.8) is 0 Å². The highest BCUT2D eigenvalue weighted by Crippen LogP contribution is 2.10. The monoisotopic (exact) mass is 567 g/mol. The molecule has 9 heteroatoms. The molecule has 0 aliphatic carbocycles. The molecule has 0 bridgehead atoms. The van der Waals surface area contributed by atoms with Crippen LogP contribution in [0, 0.1) is 0 Å². The van der Waals surface area contributed by atoms with Crippen LogP contribution in [0.25, 0.3) is 0 Å². The van der Waals surface area contributed by atoms with E-state index in [2.05, 4.69) is 48.7 Å². The largest absolute Gasteiger partial charge is 0.379 e. The number of amides is 1. The predicted octanol–water partition coefficient (Wildman–Crippen LogP) is 2.07. The van der Waals surface area contributed by atoms with E-state index in [9.17, 15) is 4.79 Å². The minimum atomic E-state index is -0.0767. The summed E-state index contributed by atoms with van der Waals surface area (Å²) >= 11 is 3.37. The number of nitrogens with zero attached hydrogens (tertiary/aromatic N) is 2. The van der Waals surface area contributed by atoms with Crippen molar-refractivity contribution in [2.45, 2.75) is 19.9 Å². The van der Waals surface area contributed by atoms with Gasteiger partial charge in [0.05, 0.1) is 19.8 Å². The lowest BCUT2D eigenvalue weighted by atomic mass is 10.2. The summed E-state index contributed by atoms with van der Waals surface area (Å²) in [6, 6.07) is 7.69. The standard InChI is InChI=1S/C19H30BrN5O2.HI/c1-3-21-19(24-14-15(2)25-10-12-27-13-11-25)23-9-8-22-18(26)16-4-6-17(20)7-5-16;/h4-7,15H,3,8-14H2,1-2H3,(H,22,26)(H2,21,23,24);1H. The fourth-order valence-corrected chi connectivity index (χ4v) is 3.02. The SMILES string of the molecule is CCNC(=NCC(C)N1CCOCC1)NCCNC(=O)c1ccc(Br)cc1.I. The van der Waals surface area contributed by atoms with E-state index < -0.39 is 0 Å². The molecule has 28 heavy (non-hydrogen) atoms. The summed E-state index contributed by atoms with van der Waals surface area (Å²) in [6.45, 7) is 10.4. The third kappa shape index (κ3) is 9.06. The third-order valence-corrected chi connectivity index (χ3v) is 4.86. The molecular weight excluding hydrogens is 537 g/mol. The lowest BCUT2D eigenvalue weighted by molar-refractivity contribution is 0.0220. The molecular formula is C19H31BrIN5O2. The van der Waals surface area contributed by atoms with Gasteiger partial charge >= 0.3 is 0 Å². The zero-order valence-corrected chi connectivity index (χ0v) is 20.5. The Kier molecular flexibility index (Phi) is 12.7. The van der Waals surface area contributed by atoms with Crippen molar-refractivity contribution in [3.05, 3.63) is 34.3 Å². The molecule has 1 heterocycles. The predicted molar refractivity (Wildman–Crippen MR) is 128 cm³/mol. The fourth-order valence-electron chi connectivity index (χ4n) is 2.76. The Labute approximate surface area is 193 Å². The van der Waals surface area contributed by atoms with Crippen LogP contribution in [0.5, 0.6) is 0 Å². The number of nitrogens with one attached hydrogen (secondary N) is 3. The fraction of sp³-hybridized carbons (Fsp3) is 0.579. The molecule has 1 saturated heterocycles. The van der Waals surface area contributed by atoms with Gasteiger partial charge in [-0.25, -0.2) is 0 Å². The number of rotatable bonds is 8. The molecule has 3 N–H and O–H groups in total. The van der Waals surface area contributed by atoms with Gasteiger partial charge in [-0.2, -0.15) is 0 Å². The summed E-state index contributed by atoms with van der Waals surface area (Å²) in [5.74, 6) is 0.697. The van der Waals surface area contributed by atoms with Gasteiger partial charge in [0.2, 0.25) is 0 Å². The van der Waals surface area contributed by atoms with Crippen LogP contribution in [0.2, 0.25) is 0 Å². The number of carbonyl (C=O) groups excluding carboxylic acids is 1. The number of hydrogen-bond acceptors (Lipinski definition) is 4. The lowest BCUT2D eigenvalue weighted by Crippen LogP contribution is -2.45. The number of benzene rings is 1. The smallest absolute Gasteiger partial charge is 0.251 e. The zero-order chi connectivity index (χ0) is 19.5. The Bertz CT molecular complexity index is 609. The first-order valence-electron chi connectivity index (χ1n) is 9.48. The molecule has 0 radical (unpaired) electrons. The molecule has 1 fully saturated rings. The summed E-state index contributed by atoms with van der Waals surface area (Å²) < 4.78 is 6.35. The Morgan fingerprint density at radius 1 is 1.18 bits per heavy atom. The van der Waals surface area contributed by atoms with Crippen molar-refractivity contribution in [2.24, 2.45) is 4.99 Å². The highest BCUT2D eigenvalue weighted by Gasteiger charge is 2.16. The highest BCUT2D eigenvalue weighted by molar-refractivity contribution is 14.0. The van der Waals surface area contributed by atoms with Crippen molar-refractivity contribution in [2.75, 3.05) is 52.5 Å². The Balaban J connectivity index is 0.00000392. The summed E-state index contributed by atoms with van der Waals surface area (Å²) in [5, 5.41) is 9.42. The van der Waals surface area contributed by atoms with Crippen molar-refractivity contribution < 1.29 is 9.53 Å². The van der Waals surface area contributed by atoms with Gasteiger partial charge in [-0.05, 0) is 38.1 Å². The number of ether oxygens (including phenoxy) is 1. The summed E-state index contributed by atoms with van der Waals surface area (Å²) in [6.07, 6.45) is 0. The van der Waals surface area contributed by atoms with E-state index in [1.54, 1.807) is 12.1 Å². The van der Waals surface area contributed by atoms with Crippen molar-refractivity contribution >= 4 is 51.8 Å². The summed E-state index contributed by atoms with van der Waals surface area (Å²) in [4.78, 5) is 19.2. The van der Waals surface area contributed by atoms with Crippen molar-refractivity contribution in [1.29, 1.82) is 0 Å². The van der Waals surface area contributed by atoms with Crippen LogP contribution in [-0.2, 0) is 4.74 Å². The number of morpholine rings is 1. The Hall–Kier alpha value is -0.910. The molecule has 1 unspecified atom stereocenters. The van der Waals surface area contributed by atoms with E-state index >= 15 is 0 Å². The van der Waals surface area contributed by atoms with Crippen LogP contribution in [0.15, 0.2) is 33.7 Å². The van der Waals surface area contributed by atoms with E-state index in [0.717, 1.165) is 49.8 Å². The molecule has 1 aliphatic rings. The van der Waals surface area contributed by atoms with E-state index in [1.807, 2.05) is 19.1 Å². The second kappa shape index (κ2) is 14.1. The molecule has 0 spiro atoms. The third-order valence-electron chi connectivity index (χ3n) is 4.34. The van der Waals surface area contributed by atoms with Crippen LogP contribution in [0.1, 0.15) is 24.2 Å². The van der Waals surface area contributed by atoms with E-state index in [1.165, 1.54) is 0 Å². The maximum Gasteiger partial charge on any atom is 0.251 e. The zero-order valence-electron chi connectivity index (χ0n) is 16.5. The molecule has 1 amide bonds. The normalized spacial score (nSPS) is 16.0. The van der Waals surface area contributed by atoms with Crippen LogP contribution in [-0.4, -0.2) is 75.3 Å². The van der Waals surface area contributed by atoms with Gasteiger partial charge in [-0.1, -0.05) is 15.9 Å². The molecule has 0 saturated carbocycles. The minimum absolute atomic E-state index is 0. The quantitative estimate of drug-likeness (QED) is 0.194. The topological polar surface area (TPSA) is 78.0 Å². The second-order valence-electron chi connectivity index (χ2n) is 6.41. The van der Waals surface area contributed by atoms with Gasteiger partial charge < -0.3 is 20.7 Å². The minimum Gasteiger partial charge on any atom is -0.379 e. The van der Waals surface area contributed by atoms with Crippen LogP contribution < -0.4 is 16.0 Å². The number of guanidine groups is 1. The second-order valence-corrected chi connectivity index (χ2v) is 7.32. The molecule has 1 aromatic rings. The number of aliphatic imine (C=N–C) groups is 1. The van der Waals surface area contributed by atoms with Crippen LogP contribution in [0.3, 0.4) is 0 Å². The van der Waals surface area contributed by atoms with Crippen molar-refractivity contribution in [1.82, 2.24) is 20.9 Å². The number of hydrogen-bond donors (Lipinski definition) is 3. The molecule has 1 aliphatic heterocycles. The molecule has 1 aromatic carbocycles. The maximum atomic E-state index is 12.1. The van der Waals surface area contributed by atoms with Crippen LogP contribution in [0.4, 0.5) is 0 Å². The van der Waals surface area contributed by atoms with Gasteiger partial charge in [0.1, 0.15) is 0 Å². The first-order chi connectivity index (χ1) is 13.1. The van der Waals surface area contributed by atoms with E-state index in [0.29, 0.717) is 24.7 Å². The first-order valence-corrected chi connectivity index (χ1v) is 10.3. The molecule has 1 atom stereocenters. The van der Waals surface area contributed by atoms with Gasteiger partial charge in [0, 0.05) is 48.8 Å². The lowest BCUT2D eigenvalue weighted by Gasteiger charge is -2.31. The molecule has 0 aromatic heterocycles. The van der Waals surface area contributed by atoms with Gasteiger partial charge in [0.15, 0.2) is 5.96 Å². The van der Waals surface area contributed by atoms with Gasteiger partial charge in [-0.3, -0.25) is 14.7 Å². The van der Waals surface area contributed by atoms with E-state index in [-0.39, 0.29) is 29.9 Å². The van der Waals surface area contributed by atoms with E-state index in [4.69, 9.17) is 4.74 Å². The van der Waals surface area contributed by atoms with Gasteiger partial charge in [0.25, 0.3) is 5.91 Å². The molecule has 158 valence electrons. The summed E-state index contributed by atoms with van der Waals surface area (Å²) in [7, 11) is 0. The number of carbonyl (C=O) groups is 1. The molecule has 2 rings (SSSR count). The average Bonchev–Trinajstić information content (AvgIpc) is 2.70. The highest BCUT2D eigenvalue weighted by atomic mass is 127. The Morgan fingerprint density at radius 2 is 1.82 bits per heavy atom. The number of halogens is 2. The van der Waals surface area contributed by atoms with Crippen molar-refractivity contribution in [3.8, 4) is 0 Å². The van der Waals surface area contributed by atoms with Gasteiger partial charge in [-0.15, -0.1) is 24.0 Å². The van der Waals surface area contributed by atoms with Crippen LogP contribution >= 0.6 is 39.9 Å².